The number of fused-ring (bicyclic) bond motifs is 1. The molecule has 1 aromatic heterocycles. The number of nitrogens with zero attached hydrogens (tertiary/aromatic N) is 2. The van der Waals surface area contributed by atoms with E-state index in [0.29, 0.717) is 13.0 Å². The average molecular weight is 313 g/mol. The van der Waals surface area contributed by atoms with Crippen molar-refractivity contribution < 1.29 is 13.2 Å². The predicted octanol–water partition coefficient (Wildman–Crippen LogP) is 0.836. The third-order valence-electron chi connectivity index (χ3n) is 3.86. The number of hydrogen-bond donors (Lipinski definition) is 1. The molecule has 0 aliphatic carbocycles. The lowest BCUT2D eigenvalue weighted by atomic mass is 10.1. The maximum atomic E-state index is 12.1. The topological polar surface area (TPSA) is 81.1 Å². The van der Waals surface area contributed by atoms with E-state index in [1.165, 1.54) is 6.92 Å². The van der Waals surface area contributed by atoms with Crippen LogP contribution in [0.25, 0.3) is 0 Å². The Morgan fingerprint density at radius 2 is 2.29 bits per heavy atom. The molecule has 2 heterocycles. The third kappa shape index (κ3) is 3.64. The van der Waals surface area contributed by atoms with Crippen molar-refractivity contribution in [2.24, 2.45) is 0 Å². The fourth-order valence-electron chi connectivity index (χ4n) is 2.65. The molecule has 2 atom stereocenters. The number of rotatable bonds is 5. The van der Waals surface area contributed by atoms with Crippen LogP contribution >= 0.6 is 0 Å². The van der Waals surface area contributed by atoms with Gasteiger partial charge >= 0.3 is 0 Å². The molecule has 0 aromatic carbocycles. The highest BCUT2D eigenvalue weighted by atomic mass is 32.2. The van der Waals surface area contributed by atoms with Gasteiger partial charge in [0.2, 0.25) is 5.91 Å². The van der Waals surface area contributed by atoms with Crippen molar-refractivity contribution in [2.75, 3.05) is 5.75 Å². The highest BCUT2D eigenvalue weighted by Gasteiger charge is 2.29. The average Bonchev–Trinajstić information content (AvgIpc) is 2.77. The van der Waals surface area contributed by atoms with Crippen molar-refractivity contribution >= 4 is 15.7 Å². The molecule has 1 amide bonds. The SMILES string of the molecule is CCCS(=O)(=O)[C@@H](C)C(=O)N[C@@H]1CCc2nc(C)cn2C1. The fraction of sp³-hybridized carbons (Fsp3) is 0.714. The van der Waals surface area contributed by atoms with Crippen molar-refractivity contribution in [1.82, 2.24) is 14.9 Å². The van der Waals surface area contributed by atoms with E-state index in [2.05, 4.69) is 10.3 Å². The zero-order valence-electron chi connectivity index (χ0n) is 12.8. The van der Waals surface area contributed by atoms with Gasteiger partial charge in [0.15, 0.2) is 9.84 Å². The van der Waals surface area contributed by atoms with Gasteiger partial charge in [-0.15, -0.1) is 0 Å². The minimum absolute atomic E-state index is 0.0297. The lowest BCUT2D eigenvalue weighted by molar-refractivity contribution is -0.121. The molecule has 2 rings (SSSR count). The smallest absolute Gasteiger partial charge is 0.238 e. The quantitative estimate of drug-likeness (QED) is 0.873. The van der Waals surface area contributed by atoms with Crippen molar-refractivity contribution in [2.45, 2.75) is 57.9 Å². The van der Waals surface area contributed by atoms with Gasteiger partial charge in [0, 0.05) is 25.2 Å². The van der Waals surface area contributed by atoms with Crippen molar-refractivity contribution in [3.8, 4) is 0 Å². The summed E-state index contributed by atoms with van der Waals surface area (Å²) >= 11 is 0. The minimum atomic E-state index is -3.35. The monoisotopic (exact) mass is 313 g/mol. The molecule has 1 aliphatic rings. The summed E-state index contributed by atoms with van der Waals surface area (Å²) in [6.45, 7) is 5.86. The minimum Gasteiger partial charge on any atom is -0.350 e. The van der Waals surface area contributed by atoms with Crippen LogP contribution in [0.3, 0.4) is 0 Å². The number of hydrogen-bond acceptors (Lipinski definition) is 4. The Kier molecular flexibility index (Phi) is 4.70. The third-order valence-corrected chi connectivity index (χ3v) is 6.12. The first-order valence-electron chi connectivity index (χ1n) is 7.38. The Morgan fingerprint density at radius 1 is 1.57 bits per heavy atom. The van der Waals surface area contributed by atoms with Crippen LogP contribution in [0.2, 0.25) is 0 Å². The van der Waals surface area contributed by atoms with E-state index in [1.807, 2.05) is 17.7 Å². The number of carbonyl (C=O) groups is 1. The standard InChI is InChI=1S/C14H23N3O3S/c1-4-7-21(19,20)11(3)14(18)16-12-5-6-13-15-10(2)8-17(13)9-12/h8,11-12H,4-7,9H2,1-3H3,(H,16,18)/t11-,12+/m0/s1. The normalized spacial score (nSPS) is 19.9. The molecule has 1 aliphatic heterocycles. The molecule has 6 nitrogen and oxygen atoms in total. The summed E-state index contributed by atoms with van der Waals surface area (Å²) in [6, 6.07) is -0.0297. The largest absolute Gasteiger partial charge is 0.350 e. The van der Waals surface area contributed by atoms with Crippen molar-refractivity contribution in [3.05, 3.63) is 17.7 Å². The second-order valence-electron chi connectivity index (χ2n) is 5.70. The number of carbonyl (C=O) groups excluding carboxylic acids is 1. The molecule has 1 aromatic rings. The summed E-state index contributed by atoms with van der Waals surface area (Å²) in [5.41, 5.74) is 0.968. The Balaban J connectivity index is 1.98. The van der Waals surface area contributed by atoms with Gasteiger partial charge in [0.1, 0.15) is 11.1 Å². The van der Waals surface area contributed by atoms with E-state index < -0.39 is 21.0 Å². The van der Waals surface area contributed by atoms with E-state index in [0.717, 1.165) is 24.4 Å². The molecule has 0 bridgehead atoms. The summed E-state index contributed by atoms with van der Waals surface area (Å²) in [5, 5.41) is 1.88. The first-order chi connectivity index (χ1) is 9.83. The lowest BCUT2D eigenvalue weighted by Gasteiger charge is -2.26. The zero-order chi connectivity index (χ0) is 15.6. The van der Waals surface area contributed by atoms with Gasteiger partial charge in [-0.3, -0.25) is 4.79 Å². The van der Waals surface area contributed by atoms with Crippen LogP contribution in [0, 0.1) is 6.92 Å². The van der Waals surface area contributed by atoms with Crippen molar-refractivity contribution in [3.63, 3.8) is 0 Å². The van der Waals surface area contributed by atoms with E-state index in [1.54, 1.807) is 6.92 Å². The van der Waals surface area contributed by atoms with Crippen LogP contribution in [0.15, 0.2) is 6.20 Å². The molecule has 21 heavy (non-hydrogen) atoms. The van der Waals surface area contributed by atoms with Gasteiger partial charge in [0.05, 0.1) is 11.4 Å². The summed E-state index contributed by atoms with van der Waals surface area (Å²) in [4.78, 5) is 16.6. The van der Waals surface area contributed by atoms with Crippen LogP contribution in [-0.4, -0.2) is 40.9 Å². The number of imidazole rings is 1. The van der Waals surface area contributed by atoms with Crippen LogP contribution in [0.4, 0.5) is 0 Å². The first-order valence-corrected chi connectivity index (χ1v) is 9.09. The number of nitrogens with one attached hydrogen (secondary N) is 1. The molecular weight excluding hydrogens is 290 g/mol. The molecular formula is C14H23N3O3S. The highest BCUT2D eigenvalue weighted by molar-refractivity contribution is 7.92. The van der Waals surface area contributed by atoms with E-state index >= 15 is 0 Å². The zero-order valence-corrected chi connectivity index (χ0v) is 13.6. The van der Waals surface area contributed by atoms with Gasteiger partial charge in [0.25, 0.3) is 0 Å². The molecule has 1 N–H and O–H groups in total. The number of sulfone groups is 1. The number of amides is 1. The molecule has 7 heteroatoms. The van der Waals surface area contributed by atoms with E-state index in [9.17, 15) is 13.2 Å². The molecule has 0 radical (unpaired) electrons. The van der Waals surface area contributed by atoms with Crippen LogP contribution in [0.1, 0.15) is 38.2 Å². The van der Waals surface area contributed by atoms with Crippen molar-refractivity contribution in [1.29, 1.82) is 0 Å². The molecule has 0 saturated carbocycles. The molecule has 0 unspecified atom stereocenters. The highest BCUT2D eigenvalue weighted by Crippen LogP contribution is 2.15. The van der Waals surface area contributed by atoms with Crippen LogP contribution < -0.4 is 5.32 Å². The summed E-state index contributed by atoms with van der Waals surface area (Å²) in [5.74, 6) is 0.690. The Bertz CT molecular complexity index is 621. The van der Waals surface area contributed by atoms with Gasteiger partial charge < -0.3 is 9.88 Å². The van der Waals surface area contributed by atoms with Crippen LogP contribution in [0.5, 0.6) is 0 Å². The van der Waals surface area contributed by atoms with Gasteiger partial charge in [-0.05, 0) is 26.7 Å². The maximum Gasteiger partial charge on any atom is 0.238 e. The summed E-state index contributed by atoms with van der Waals surface area (Å²) < 4.78 is 25.9. The summed E-state index contributed by atoms with van der Waals surface area (Å²) in [7, 11) is -3.35. The molecule has 0 saturated heterocycles. The second kappa shape index (κ2) is 6.17. The molecule has 118 valence electrons. The van der Waals surface area contributed by atoms with E-state index in [-0.39, 0.29) is 11.8 Å². The lowest BCUT2D eigenvalue weighted by Crippen LogP contribution is -2.47. The fourth-order valence-corrected chi connectivity index (χ4v) is 3.96. The number of aromatic nitrogens is 2. The summed E-state index contributed by atoms with van der Waals surface area (Å²) in [6.07, 6.45) is 4.09. The first kappa shape index (κ1) is 16.0. The van der Waals surface area contributed by atoms with E-state index in [4.69, 9.17) is 0 Å². The van der Waals surface area contributed by atoms with Gasteiger partial charge in [-0.25, -0.2) is 13.4 Å². The second-order valence-corrected chi connectivity index (χ2v) is 8.15. The van der Waals surface area contributed by atoms with Gasteiger partial charge in [-0.1, -0.05) is 6.92 Å². The Morgan fingerprint density at radius 3 is 2.95 bits per heavy atom. The molecule has 0 fully saturated rings. The maximum absolute atomic E-state index is 12.1. The molecule has 0 spiro atoms. The number of aryl methyl sites for hydroxylation is 2. The Labute approximate surface area is 125 Å². The Hall–Kier alpha value is -1.37. The van der Waals surface area contributed by atoms with Gasteiger partial charge in [-0.2, -0.15) is 0 Å². The predicted molar refractivity (Wildman–Crippen MR) is 80.8 cm³/mol. The van der Waals surface area contributed by atoms with Crippen LogP contribution in [-0.2, 0) is 27.6 Å².